The number of esters is 2. The van der Waals surface area contributed by atoms with Gasteiger partial charge in [0.05, 0.1) is 31.3 Å². The molecule has 0 radical (unpaired) electrons. The number of hydrogen-bond acceptors (Lipinski definition) is 5. The summed E-state index contributed by atoms with van der Waals surface area (Å²) in [5.41, 5.74) is 2.46. The maximum atomic E-state index is 12.6. The molecule has 29 heavy (non-hydrogen) atoms. The zero-order chi connectivity index (χ0) is 20.8. The predicted octanol–water partition coefficient (Wildman–Crippen LogP) is 4.10. The molecule has 2 aromatic rings. The first kappa shape index (κ1) is 20.7. The Balaban J connectivity index is 2.01. The second-order valence-electron chi connectivity index (χ2n) is 6.58. The molecule has 0 saturated heterocycles. The summed E-state index contributed by atoms with van der Waals surface area (Å²) in [6.07, 6.45) is 4.18. The van der Waals surface area contributed by atoms with Crippen LogP contribution in [0.15, 0.2) is 78.1 Å². The number of ether oxygens (including phenoxy) is 2. The Labute approximate surface area is 175 Å². The van der Waals surface area contributed by atoms with E-state index in [-0.39, 0.29) is 0 Å². The van der Waals surface area contributed by atoms with Gasteiger partial charge in [-0.2, -0.15) is 0 Å². The van der Waals surface area contributed by atoms with Crippen molar-refractivity contribution in [3.63, 3.8) is 0 Å². The normalized spacial score (nSPS) is 14.1. The highest BCUT2D eigenvalue weighted by atomic mass is 35.5. The van der Waals surface area contributed by atoms with Crippen LogP contribution in [0, 0.1) is 0 Å². The third kappa shape index (κ3) is 4.69. The summed E-state index contributed by atoms with van der Waals surface area (Å²) in [5.74, 6) is -1.71. The molecule has 0 fully saturated rings. The largest absolute Gasteiger partial charge is 0.466 e. The highest BCUT2D eigenvalue weighted by Crippen LogP contribution is 2.39. The number of halogens is 1. The smallest absolute Gasteiger partial charge is 0.336 e. The number of nitrogens with zero attached hydrogens (tertiary/aromatic N) is 1. The summed E-state index contributed by atoms with van der Waals surface area (Å²) in [7, 11) is 2.63. The Morgan fingerprint density at radius 2 is 1.45 bits per heavy atom. The van der Waals surface area contributed by atoms with E-state index >= 15 is 0 Å². The fraction of sp³-hybridized carbons (Fsp3) is 0.217. The molecule has 0 bridgehead atoms. The molecular weight excluding hydrogens is 390 g/mol. The zero-order valence-corrected chi connectivity index (χ0v) is 17.1. The number of carbonyl (C=O) groups is 2. The topological polar surface area (TPSA) is 55.8 Å². The molecule has 0 unspecified atom stereocenters. The van der Waals surface area contributed by atoms with E-state index in [1.807, 2.05) is 41.3 Å². The minimum atomic E-state index is -0.670. The molecule has 6 heteroatoms. The Hall–Kier alpha value is -3.05. The Bertz CT molecular complexity index is 918. The van der Waals surface area contributed by atoms with Crippen LogP contribution in [0.25, 0.3) is 0 Å². The molecule has 0 aliphatic carbocycles. The quantitative estimate of drug-likeness (QED) is 0.670. The van der Waals surface area contributed by atoms with Crippen LogP contribution >= 0.6 is 11.6 Å². The standard InChI is InChI=1S/C23H22ClNO4/c1-28-22(26)18-14-25(13-12-16-8-4-3-5-9-16)15-19(23(27)29-2)21(18)17-10-6-7-11-20(17)24/h3-11,14-15,21H,12-13H2,1-2H3. The van der Waals surface area contributed by atoms with Crippen LogP contribution in [0.1, 0.15) is 17.0 Å². The second kappa shape index (κ2) is 9.43. The molecule has 1 aliphatic rings. The van der Waals surface area contributed by atoms with E-state index in [1.165, 1.54) is 14.2 Å². The fourth-order valence-corrected chi connectivity index (χ4v) is 3.61. The van der Waals surface area contributed by atoms with Crippen molar-refractivity contribution in [2.75, 3.05) is 20.8 Å². The van der Waals surface area contributed by atoms with Crippen molar-refractivity contribution < 1.29 is 19.1 Å². The van der Waals surface area contributed by atoms with Crippen molar-refractivity contribution in [1.82, 2.24) is 4.90 Å². The SMILES string of the molecule is COC(=O)C1=CN(CCc2ccccc2)C=C(C(=O)OC)C1c1ccccc1Cl. The van der Waals surface area contributed by atoms with E-state index in [4.69, 9.17) is 21.1 Å². The summed E-state index contributed by atoms with van der Waals surface area (Å²) in [6, 6.07) is 17.1. The minimum absolute atomic E-state index is 0.330. The van der Waals surface area contributed by atoms with E-state index in [9.17, 15) is 9.59 Å². The molecular formula is C23H22ClNO4. The molecule has 0 atom stereocenters. The molecule has 0 N–H and O–H groups in total. The van der Waals surface area contributed by atoms with Gasteiger partial charge in [0.25, 0.3) is 0 Å². The van der Waals surface area contributed by atoms with E-state index < -0.39 is 17.9 Å². The lowest BCUT2D eigenvalue weighted by atomic mass is 9.83. The van der Waals surface area contributed by atoms with Gasteiger partial charge in [-0.05, 0) is 23.6 Å². The van der Waals surface area contributed by atoms with Crippen molar-refractivity contribution in [2.45, 2.75) is 12.3 Å². The average molecular weight is 412 g/mol. The van der Waals surface area contributed by atoms with E-state index in [0.717, 1.165) is 12.0 Å². The van der Waals surface area contributed by atoms with Crippen molar-refractivity contribution in [1.29, 1.82) is 0 Å². The maximum absolute atomic E-state index is 12.6. The number of benzene rings is 2. The third-order valence-electron chi connectivity index (χ3n) is 4.79. The fourth-order valence-electron chi connectivity index (χ4n) is 3.36. The van der Waals surface area contributed by atoms with Crippen LogP contribution in [0.3, 0.4) is 0 Å². The molecule has 2 aromatic carbocycles. The van der Waals surface area contributed by atoms with Gasteiger partial charge in [-0.1, -0.05) is 60.1 Å². The maximum Gasteiger partial charge on any atom is 0.336 e. The van der Waals surface area contributed by atoms with Crippen molar-refractivity contribution in [2.24, 2.45) is 0 Å². The summed E-state index contributed by atoms with van der Waals surface area (Å²) in [5, 5.41) is 0.458. The first-order chi connectivity index (χ1) is 14.0. The van der Waals surface area contributed by atoms with Gasteiger partial charge in [0.2, 0.25) is 0 Å². The average Bonchev–Trinajstić information content (AvgIpc) is 2.77. The molecule has 150 valence electrons. The third-order valence-corrected chi connectivity index (χ3v) is 5.14. The second-order valence-corrected chi connectivity index (χ2v) is 6.99. The van der Waals surface area contributed by atoms with E-state index in [2.05, 4.69) is 0 Å². The van der Waals surface area contributed by atoms with Gasteiger partial charge in [-0.25, -0.2) is 9.59 Å². The molecule has 0 aromatic heterocycles. The number of rotatable bonds is 6. The molecule has 0 spiro atoms. The lowest BCUT2D eigenvalue weighted by Crippen LogP contribution is -2.29. The van der Waals surface area contributed by atoms with Crippen LogP contribution in [0.5, 0.6) is 0 Å². The number of hydrogen-bond donors (Lipinski definition) is 0. The Morgan fingerprint density at radius 3 is 2.00 bits per heavy atom. The van der Waals surface area contributed by atoms with Gasteiger partial charge in [0, 0.05) is 24.0 Å². The summed E-state index contributed by atoms with van der Waals surface area (Å²) in [4.78, 5) is 27.0. The summed E-state index contributed by atoms with van der Waals surface area (Å²) < 4.78 is 10.00. The van der Waals surface area contributed by atoms with E-state index in [1.54, 1.807) is 30.6 Å². The number of carbonyl (C=O) groups excluding carboxylic acids is 2. The minimum Gasteiger partial charge on any atom is -0.466 e. The van der Waals surface area contributed by atoms with Crippen LogP contribution in [0.4, 0.5) is 0 Å². The van der Waals surface area contributed by atoms with Crippen LogP contribution < -0.4 is 0 Å². The molecule has 1 aliphatic heterocycles. The summed E-state index contributed by atoms with van der Waals surface area (Å²) >= 11 is 6.39. The molecule has 1 heterocycles. The molecule has 5 nitrogen and oxygen atoms in total. The zero-order valence-electron chi connectivity index (χ0n) is 16.3. The predicted molar refractivity (Wildman–Crippen MR) is 111 cm³/mol. The van der Waals surface area contributed by atoms with Gasteiger partial charge in [-0.15, -0.1) is 0 Å². The summed E-state index contributed by atoms with van der Waals surface area (Å²) in [6.45, 7) is 0.584. The van der Waals surface area contributed by atoms with Crippen molar-refractivity contribution in [3.8, 4) is 0 Å². The van der Waals surface area contributed by atoms with Crippen molar-refractivity contribution >= 4 is 23.5 Å². The number of methoxy groups -OCH3 is 2. The highest BCUT2D eigenvalue weighted by Gasteiger charge is 2.36. The van der Waals surface area contributed by atoms with Crippen molar-refractivity contribution in [3.05, 3.63) is 94.3 Å². The van der Waals surface area contributed by atoms with Crippen LogP contribution in [-0.4, -0.2) is 37.6 Å². The Kier molecular flexibility index (Phi) is 6.73. The van der Waals surface area contributed by atoms with Crippen LogP contribution in [0.2, 0.25) is 5.02 Å². The van der Waals surface area contributed by atoms with Gasteiger partial charge in [-0.3, -0.25) is 0 Å². The first-order valence-corrected chi connectivity index (χ1v) is 9.57. The van der Waals surface area contributed by atoms with Gasteiger partial charge >= 0.3 is 11.9 Å². The van der Waals surface area contributed by atoms with Gasteiger partial charge < -0.3 is 14.4 Å². The highest BCUT2D eigenvalue weighted by molar-refractivity contribution is 6.31. The molecule has 0 saturated carbocycles. The van der Waals surface area contributed by atoms with Crippen LogP contribution in [-0.2, 0) is 25.5 Å². The van der Waals surface area contributed by atoms with E-state index in [0.29, 0.717) is 28.3 Å². The van der Waals surface area contributed by atoms with Gasteiger partial charge in [0.1, 0.15) is 0 Å². The van der Waals surface area contributed by atoms with Gasteiger partial charge in [0.15, 0.2) is 0 Å². The molecule has 0 amide bonds. The Morgan fingerprint density at radius 1 is 0.897 bits per heavy atom. The first-order valence-electron chi connectivity index (χ1n) is 9.19. The lowest BCUT2D eigenvalue weighted by molar-refractivity contribution is -0.137. The monoisotopic (exact) mass is 411 g/mol. The molecule has 3 rings (SSSR count). The lowest BCUT2D eigenvalue weighted by Gasteiger charge is -2.30.